The molecule has 1 N–H and O–H groups in total. The molecule has 1 aromatic heterocycles. The number of thioether (sulfide) groups is 1. The molecule has 0 amide bonds. The fourth-order valence-electron chi connectivity index (χ4n) is 1.97. The van der Waals surface area contributed by atoms with Crippen molar-refractivity contribution in [3.8, 4) is 5.75 Å². The minimum absolute atomic E-state index is 0.140. The van der Waals surface area contributed by atoms with Crippen molar-refractivity contribution in [2.24, 2.45) is 0 Å². The molecule has 2 aromatic rings. The number of ether oxygens (including phenoxy) is 1. The summed E-state index contributed by atoms with van der Waals surface area (Å²) in [4.78, 5) is 5.53. The summed E-state index contributed by atoms with van der Waals surface area (Å²) in [5.74, 6) is 2.31. The predicted octanol–water partition coefficient (Wildman–Crippen LogP) is 2.87. The van der Waals surface area contributed by atoms with Crippen molar-refractivity contribution >= 4 is 17.8 Å². The third-order valence-electron chi connectivity index (χ3n) is 3.14. The fraction of sp³-hybridized carbons (Fsp3) is 0.385. The zero-order valence-electron chi connectivity index (χ0n) is 10.2. The van der Waals surface area contributed by atoms with E-state index in [1.165, 1.54) is 17.7 Å². The van der Waals surface area contributed by atoms with E-state index in [1.54, 1.807) is 11.8 Å². The quantitative estimate of drug-likeness (QED) is 0.929. The van der Waals surface area contributed by atoms with Gasteiger partial charge in [-0.15, -0.1) is 11.8 Å². The number of rotatable bonds is 3. The van der Waals surface area contributed by atoms with Gasteiger partial charge in [-0.1, -0.05) is 17.3 Å². The van der Waals surface area contributed by atoms with E-state index in [9.17, 15) is 0 Å². The molecule has 0 radical (unpaired) electrons. The minimum Gasteiger partial charge on any atom is -0.480 e. The van der Waals surface area contributed by atoms with Crippen molar-refractivity contribution in [1.29, 1.82) is 0 Å². The van der Waals surface area contributed by atoms with E-state index in [0.29, 0.717) is 17.9 Å². The molecule has 1 fully saturated rings. The maximum Gasteiger partial charge on any atom is 0.321 e. The Bertz CT molecular complexity index is 597. The summed E-state index contributed by atoms with van der Waals surface area (Å²) in [5.41, 5.74) is 0. The van der Waals surface area contributed by atoms with E-state index in [1.807, 2.05) is 18.2 Å². The molecule has 1 atom stereocenters. The van der Waals surface area contributed by atoms with Gasteiger partial charge in [-0.3, -0.25) is 0 Å². The Balaban J connectivity index is 1.52. The molecule has 2 heterocycles. The van der Waals surface area contributed by atoms with Crippen LogP contribution in [0.5, 0.6) is 5.75 Å². The molecule has 98 valence electrons. The number of anilines is 1. The maximum atomic E-state index is 5.92. The van der Waals surface area contributed by atoms with Crippen LogP contribution in [0.3, 0.4) is 0 Å². The molecular formula is C13H13N3O2S. The van der Waals surface area contributed by atoms with Crippen LogP contribution in [0.25, 0.3) is 0 Å². The average Bonchev–Trinajstić information content (AvgIpc) is 3.14. The number of nitrogens with zero attached hydrogens (tertiary/aromatic N) is 2. The van der Waals surface area contributed by atoms with E-state index in [0.717, 1.165) is 11.5 Å². The highest BCUT2D eigenvalue weighted by Crippen LogP contribution is 2.39. The third-order valence-corrected chi connectivity index (χ3v) is 4.26. The van der Waals surface area contributed by atoms with Crippen LogP contribution in [0.4, 0.5) is 6.01 Å². The second kappa shape index (κ2) is 4.45. The van der Waals surface area contributed by atoms with Crippen LogP contribution in [0.15, 0.2) is 33.7 Å². The van der Waals surface area contributed by atoms with Gasteiger partial charge in [0, 0.05) is 16.7 Å². The highest BCUT2D eigenvalue weighted by molar-refractivity contribution is 7.99. The highest BCUT2D eigenvalue weighted by Gasteiger charge is 2.28. The Morgan fingerprint density at radius 1 is 1.26 bits per heavy atom. The van der Waals surface area contributed by atoms with Crippen LogP contribution in [0.1, 0.15) is 24.8 Å². The smallest absolute Gasteiger partial charge is 0.321 e. The van der Waals surface area contributed by atoms with E-state index in [-0.39, 0.29) is 6.10 Å². The average molecular weight is 275 g/mol. The molecule has 0 bridgehead atoms. The lowest BCUT2D eigenvalue weighted by molar-refractivity contribution is 0.205. The van der Waals surface area contributed by atoms with Gasteiger partial charge in [-0.2, -0.15) is 4.98 Å². The van der Waals surface area contributed by atoms with Crippen LogP contribution >= 0.6 is 11.8 Å². The molecule has 0 spiro atoms. The number of hydrogen-bond donors (Lipinski definition) is 1. The molecule has 1 saturated carbocycles. The molecule has 1 unspecified atom stereocenters. The number of nitrogens with one attached hydrogen (secondary N) is 1. The number of fused-ring (bicyclic) bond motifs is 1. The van der Waals surface area contributed by atoms with Gasteiger partial charge >= 0.3 is 6.01 Å². The Morgan fingerprint density at radius 3 is 3.05 bits per heavy atom. The lowest BCUT2D eigenvalue weighted by Crippen LogP contribution is -2.16. The van der Waals surface area contributed by atoms with Gasteiger partial charge in [0.05, 0.1) is 0 Å². The summed E-state index contributed by atoms with van der Waals surface area (Å²) in [6, 6.07) is 9.03. The van der Waals surface area contributed by atoms with Crippen LogP contribution in [0.2, 0.25) is 0 Å². The number of para-hydroxylation sites is 1. The Labute approximate surface area is 114 Å². The van der Waals surface area contributed by atoms with E-state index in [2.05, 4.69) is 21.5 Å². The topological polar surface area (TPSA) is 60.2 Å². The van der Waals surface area contributed by atoms with Crippen LogP contribution < -0.4 is 10.1 Å². The van der Waals surface area contributed by atoms with Gasteiger partial charge in [0.2, 0.25) is 5.82 Å². The van der Waals surface area contributed by atoms with Gasteiger partial charge < -0.3 is 14.6 Å². The first-order valence-corrected chi connectivity index (χ1v) is 7.36. The van der Waals surface area contributed by atoms with Crippen molar-refractivity contribution in [1.82, 2.24) is 10.1 Å². The third kappa shape index (κ3) is 2.28. The molecule has 19 heavy (non-hydrogen) atoms. The number of aromatic nitrogens is 2. The number of benzene rings is 1. The Morgan fingerprint density at radius 2 is 2.16 bits per heavy atom. The lowest BCUT2D eigenvalue weighted by Gasteiger charge is -2.22. The normalized spacial score (nSPS) is 21.6. The predicted molar refractivity (Wildman–Crippen MR) is 71.5 cm³/mol. The summed E-state index contributed by atoms with van der Waals surface area (Å²) in [7, 11) is 0. The lowest BCUT2D eigenvalue weighted by atomic mass is 10.3. The largest absolute Gasteiger partial charge is 0.480 e. The van der Waals surface area contributed by atoms with Crippen molar-refractivity contribution in [2.75, 3.05) is 11.1 Å². The summed E-state index contributed by atoms with van der Waals surface area (Å²) in [6.07, 6.45) is 2.22. The van der Waals surface area contributed by atoms with Crippen molar-refractivity contribution in [2.45, 2.75) is 29.9 Å². The molecule has 5 nitrogen and oxygen atoms in total. The van der Waals surface area contributed by atoms with Crippen LogP contribution in [-0.2, 0) is 0 Å². The van der Waals surface area contributed by atoms with Crippen molar-refractivity contribution in [3.63, 3.8) is 0 Å². The van der Waals surface area contributed by atoms with Gasteiger partial charge in [-0.25, -0.2) is 0 Å². The van der Waals surface area contributed by atoms with Crippen LogP contribution in [-0.4, -0.2) is 21.9 Å². The number of hydrogen-bond acceptors (Lipinski definition) is 6. The van der Waals surface area contributed by atoms with Gasteiger partial charge in [0.1, 0.15) is 5.75 Å². The second-order valence-electron chi connectivity index (χ2n) is 4.74. The summed E-state index contributed by atoms with van der Waals surface area (Å²) >= 11 is 1.76. The fourth-order valence-corrected chi connectivity index (χ4v) is 2.95. The van der Waals surface area contributed by atoms with E-state index in [4.69, 9.17) is 9.26 Å². The molecule has 2 aliphatic rings. The molecular weight excluding hydrogens is 262 g/mol. The molecule has 6 heteroatoms. The standard InChI is InChI=1S/C13H13N3O2S/c1-2-4-11-9(3-1)17-10(7-19-11)12-15-13(18-16-12)14-8-5-6-8/h1-4,8,10H,5-7H2,(H,14,15,16). The Kier molecular flexibility index (Phi) is 2.61. The van der Waals surface area contributed by atoms with Crippen LogP contribution in [0, 0.1) is 0 Å². The molecule has 4 rings (SSSR count). The summed E-state index contributed by atoms with van der Waals surface area (Å²) < 4.78 is 11.1. The minimum atomic E-state index is -0.140. The first-order chi connectivity index (χ1) is 9.38. The van der Waals surface area contributed by atoms with Gasteiger partial charge in [0.15, 0.2) is 6.10 Å². The van der Waals surface area contributed by atoms with Crippen molar-refractivity contribution in [3.05, 3.63) is 30.1 Å². The molecule has 0 saturated heterocycles. The van der Waals surface area contributed by atoms with Gasteiger partial charge in [0.25, 0.3) is 0 Å². The maximum absolute atomic E-state index is 5.92. The first-order valence-electron chi connectivity index (χ1n) is 6.37. The molecule has 1 aliphatic carbocycles. The SMILES string of the molecule is c1ccc2c(c1)OC(c1noc(NC3CC3)n1)CS2. The zero-order chi connectivity index (χ0) is 12.7. The Hall–Kier alpha value is -1.69. The monoisotopic (exact) mass is 275 g/mol. The van der Waals surface area contributed by atoms with Gasteiger partial charge in [-0.05, 0) is 25.0 Å². The summed E-state index contributed by atoms with van der Waals surface area (Å²) in [5, 5.41) is 7.20. The van der Waals surface area contributed by atoms with E-state index >= 15 is 0 Å². The zero-order valence-corrected chi connectivity index (χ0v) is 11.0. The first kappa shape index (κ1) is 11.2. The molecule has 1 aliphatic heterocycles. The highest BCUT2D eigenvalue weighted by atomic mass is 32.2. The van der Waals surface area contributed by atoms with Crippen molar-refractivity contribution < 1.29 is 9.26 Å². The molecule has 1 aromatic carbocycles. The van der Waals surface area contributed by atoms with E-state index < -0.39 is 0 Å². The summed E-state index contributed by atoms with van der Waals surface area (Å²) in [6.45, 7) is 0. The second-order valence-corrected chi connectivity index (χ2v) is 5.80.